The molecule has 0 unspecified atom stereocenters. The molecular weight excluding hydrogens is 556 g/mol. The van der Waals surface area contributed by atoms with Gasteiger partial charge in [-0.1, -0.05) is 120 Å². The Labute approximate surface area is 272 Å². The van der Waals surface area contributed by atoms with Crippen molar-refractivity contribution in [3.05, 3.63) is 193 Å². The first-order valence-electron chi connectivity index (χ1n) is 15.8. The maximum atomic E-state index is 2.31. The molecule has 0 atom stereocenters. The third-order valence-electron chi connectivity index (χ3n) is 8.42. The van der Waals surface area contributed by atoms with E-state index >= 15 is 0 Å². The van der Waals surface area contributed by atoms with Gasteiger partial charge in [-0.3, -0.25) is 0 Å². The van der Waals surface area contributed by atoms with Crippen LogP contribution in [0.15, 0.2) is 182 Å². The van der Waals surface area contributed by atoms with Crippen LogP contribution in [0.25, 0.3) is 22.3 Å². The smallest absolute Gasteiger partial charge is 0.0462 e. The van der Waals surface area contributed by atoms with Crippen LogP contribution in [0, 0.1) is 13.8 Å². The van der Waals surface area contributed by atoms with Crippen molar-refractivity contribution in [3.63, 3.8) is 0 Å². The quantitative estimate of drug-likeness (QED) is 0.173. The molecule has 0 aliphatic rings. The van der Waals surface area contributed by atoms with Gasteiger partial charge in [0, 0.05) is 34.1 Å². The molecule has 0 saturated heterocycles. The maximum absolute atomic E-state index is 2.31. The molecular formula is C44H36N2. The van der Waals surface area contributed by atoms with Crippen molar-refractivity contribution in [2.24, 2.45) is 0 Å². The van der Waals surface area contributed by atoms with E-state index in [4.69, 9.17) is 0 Å². The predicted molar refractivity (Wildman–Crippen MR) is 196 cm³/mol. The van der Waals surface area contributed by atoms with Crippen molar-refractivity contribution >= 4 is 34.1 Å². The van der Waals surface area contributed by atoms with Gasteiger partial charge in [0.05, 0.1) is 0 Å². The summed E-state index contributed by atoms with van der Waals surface area (Å²) in [4.78, 5) is 4.61. The zero-order chi connectivity index (χ0) is 31.3. The molecule has 222 valence electrons. The Morgan fingerprint density at radius 1 is 0.239 bits per heavy atom. The van der Waals surface area contributed by atoms with E-state index in [2.05, 4.69) is 206 Å². The highest BCUT2D eigenvalue weighted by atomic mass is 15.1. The molecule has 7 aromatic carbocycles. The Bertz CT molecular complexity index is 2000. The van der Waals surface area contributed by atoms with Gasteiger partial charge in [0.15, 0.2) is 0 Å². The highest BCUT2D eigenvalue weighted by Crippen LogP contribution is 2.38. The third-order valence-corrected chi connectivity index (χ3v) is 8.42. The number of anilines is 6. The summed E-state index contributed by atoms with van der Waals surface area (Å²) in [5, 5.41) is 0. The van der Waals surface area contributed by atoms with Gasteiger partial charge in [-0.2, -0.15) is 0 Å². The summed E-state index contributed by atoms with van der Waals surface area (Å²) in [6.45, 7) is 4.25. The number of para-hydroxylation sites is 2. The highest BCUT2D eigenvalue weighted by molar-refractivity contribution is 5.81. The second kappa shape index (κ2) is 13.0. The van der Waals surface area contributed by atoms with E-state index in [0.717, 1.165) is 34.1 Å². The van der Waals surface area contributed by atoms with Crippen molar-refractivity contribution in [2.75, 3.05) is 9.80 Å². The molecule has 0 radical (unpaired) electrons. The summed E-state index contributed by atoms with van der Waals surface area (Å²) in [6, 6.07) is 65.1. The Kier molecular flexibility index (Phi) is 8.17. The molecule has 2 heteroatoms. The van der Waals surface area contributed by atoms with Crippen LogP contribution in [-0.4, -0.2) is 0 Å². The number of rotatable bonds is 8. The first kappa shape index (κ1) is 28.9. The van der Waals surface area contributed by atoms with Crippen LogP contribution in [0.5, 0.6) is 0 Å². The molecule has 0 saturated carbocycles. The van der Waals surface area contributed by atoms with Crippen molar-refractivity contribution in [3.8, 4) is 22.3 Å². The number of nitrogens with zero attached hydrogens (tertiary/aromatic N) is 2. The molecule has 0 heterocycles. The van der Waals surface area contributed by atoms with E-state index in [-0.39, 0.29) is 0 Å². The maximum Gasteiger partial charge on any atom is 0.0462 e. The van der Waals surface area contributed by atoms with E-state index in [1.807, 2.05) is 0 Å². The summed E-state index contributed by atoms with van der Waals surface area (Å²) in [5.74, 6) is 0. The highest BCUT2D eigenvalue weighted by Gasteiger charge is 2.14. The minimum Gasteiger partial charge on any atom is -0.311 e. The van der Waals surface area contributed by atoms with Crippen LogP contribution in [0.3, 0.4) is 0 Å². The van der Waals surface area contributed by atoms with Gasteiger partial charge in [0.2, 0.25) is 0 Å². The average molecular weight is 593 g/mol. The Hall–Kier alpha value is -5.86. The van der Waals surface area contributed by atoms with Crippen LogP contribution in [0.1, 0.15) is 11.1 Å². The summed E-state index contributed by atoms with van der Waals surface area (Å²) in [7, 11) is 0. The number of aryl methyl sites for hydroxylation is 2. The van der Waals surface area contributed by atoms with Crippen molar-refractivity contribution in [1.82, 2.24) is 0 Å². The molecule has 0 N–H and O–H groups in total. The van der Waals surface area contributed by atoms with E-state index in [9.17, 15) is 0 Å². The van der Waals surface area contributed by atoms with Crippen LogP contribution >= 0.6 is 0 Å². The molecule has 7 rings (SSSR count). The Balaban J connectivity index is 1.18. The molecule has 0 amide bonds. The fraction of sp³-hybridized carbons (Fsp3) is 0.0455. The van der Waals surface area contributed by atoms with E-state index < -0.39 is 0 Å². The number of hydrogen-bond donors (Lipinski definition) is 0. The minimum absolute atomic E-state index is 1.12. The molecule has 0 fully saturated rings. The average Bonchev–Trinajstić information content (AvgIpc) is 3.12. The lowest BCUT2D eigenvalue weighted by Crippen LogP contribution is -2.10. The van der Waals surface area contributed by atoms with Gasteiger partial charge in [-0.25, -0.2) is 0 Å². The second-order valence-electron chi connectivity index (χ2n) is 11.7. The largest absolute Gasteiger partial charge is 0.311 e. The van der Waals surface area contributed by atoms with E-state index in [0.29, 0.717) is 0 Å². The standard InChI is InChI=1S/C44H36N2/c1-33-13-17-35(18-14-33)36-19-27-43(28-20-36)46(40-11-7-4-8-12-40)44-31-23-38(24-32-44)37-21-29-42(30-22-37)45(39-9-5-3-6-10-39)41-25-15-34(2)16-26-41/h3-32H,1-2H3. The zero-order valence-electron chi connectivity index (χ0n) is 26.2. The first-order chi connectivity index (χ1) is 22.6. The first-order valence-corrected chi connectivity index (χ1v) is 15.8. The Morgan fingerprint density at radius 2 is 0.457 bits per heavy atom. The van der Waals surface area contributed by atoms with E-state index in [1.165, 1.54) is 33.4 Å². The van der Waals surface area contributed by atoms with Gasteiger partial charge in [0.25, 0.3) is 0 Å². The molecule has 2 nitrogen and oxygen atoms in total. The molecule has 7 aromatic rings. The summed E-state index contributed by atoms with van der Waals surface area (Å²) < 4.78 is 0. The van der Waals surface area contributed by atoms with Gasteiger partial charge in [-0.15, -0.1) is 0 Å². The molecule has 46 heavy (non-hydrogen) atoms. The van der Waals surface area contributed by atoms with Gasteiger partial charge in [-0.05, 0) is 109 Å². The summed E-state index contributed by atoms with van der Waals surface area (Å²) in [5.41, 5.74) is 14.1. The minimum atomic E-state index is 1.12. The van der Waals surface area contributed by atoms with Gasteiger partial charge < -0.3 is 9.80 Å². The van der Waals surface area contributed by atoms with Gasteiger partial charge >= 0.3 is 0 Å². The zero-order valence-corrected chi connectivity index (χ0v) is 26.2. The lowest BCUT2D eigenvalue weighted by Gasteiger charge is -2.26. The molecule has 0 bridgehead atoms. The van der Waals surface area contributed by atoms with Crippen molar-refractivity contribution in [1.29, 1.82) is 0 Å². The molecule has 0 aromatic heterocycles. The Morgan fingerprint density at radius 3 is 0.761 bits per heavy atom. The number of benzene rings is 7. The molecule has 0 aliphatic heterocycles. The van der Waals surface area contributed by atoms with Crippen LogP contribution in [-0.2, 0) is 0 Å². The fourth-order valence-corrected chi connectivity index (χ4v) is 5.90. The lowest BCUT2D eigenvalue weighted by atomic mass is 10.0. The summed E-state index contributed by atoms with van der Waals surface area (Å²) in [6.07, 6.45) is 0. The number of hydrogen-bond acceptors (Lipinski definition) is 2. The van der Waals surface area contributed by atoms with Crippen LogP contribution in [0.4, 0.5) is 34.1 Å². The van der Waals surface area contributed by atoms with Gasteiger partial charge in [0.1, 0.15) is 0 Å². The summed E-state index contributed by atoms with van der Waals surface area (Å²) >= 11 is 0. The lowest BCUT2D eigenvalue weighted by molar-refractivity contribution is 1.27. The normalized spacial score (nSPS) is 10.8. The monoisotopic (exact) mass is 592 g/mol. The third kappa shape index (κ3) is 6.20. The predicted octanol–water partition coefficient (Wildman–Crippen LogP) is 12.6. The van der Waals surface area contributed by atoms with E-state index in [1.54, 1.807) is 0 Å². The second-order valence-corrected chi connectivity index (χ2v) is 11.7. The molecule has 0 aliphatic carbocycles. The van der Waals surface area contributed by atoms with Crippen molar-refractivity contribution < 1.29 is 0 Å². The van der Waals surface area contributed by atoms with Crippen molar-refractivity contribution in [2.45, 2.75) is 13.8 Å². The molecule has 0 spiro atoms. The van der Waals surface area contributed by atoms with Crippen LogP contribution < -0.4 is 9.80 Å². The topological polar surface area (TPSA) is 6.48 Å². The SMILES string of the molecule is Cc1ccc(-c2ccc(N(c3ccccc3)c3ccc(-c4ccc(N(c5ccccc5)c5ccc(C)cc5)cc4)cc3)cc2)cc1. The van der Waals surface area contributed by atoms with Crippen LogP contribution in [0.2, 0.25) is 0 Å². The fourth-order valence-electron chi connectivity index (χ4n) is 5.90.